The second-order valence-corrected chi connectivity index (χ2v) is 6.45. The summed E-state index contributed by atoms with van der Waals surface area (Å²) in [6, 6.07) is 5.48. The minimum Gasteiger partial charge on any atom is -0.495 e. The number of nitrogens with one attached hydrogen (secondary N) is 1. The molecule has 7 heteroatoms. The minimum atomic E-state index is -0.295. The summed E-state index contributed by atoms with van der Waals surface area (Å²) in [6.45, 7) is 4.73. The van der Waals surface area contributed by atoms with Crippen LogP contribution in [0.25, 0.3) is 0 Å². The number of benzene rings is 1. The third-order valence-corrected chi connectivity index (χ3v) is 4.68. The Morgan fingerprint density at radius 2 is 1.92 bits per heavy atom. The van der Waals surface area contributed by atoms with Gasteiger partial charge >= 0.3 is 6.03 Å². The van der Waals surface area contributed by atoms with E-state index in [0.29, 0.717) is 44.2 Å². The van der Waals surface area contributed by atoms with E-state index < -0.39 is 0 Å². The summed E-state index contributed by atoms with van der Waals surface area (Å²) < 4.78 is 10.8. The largest absolute Gasteiger partial charge is 0.495 e. The van der Waals surface area contributed by atoms with Crippen molar-refractivity contribution in [3.8, 4) is 5.75 Å². The number of carbonyl (C=O) groups is 2. The van der Waals surface area contributed by atoms with Crippen LogP contribution in [-0.2, 0) is 9.53 Å². The predicted octanol–water partition coefficient (Wildman–Crippen LogP) is 1.86. The fourth-order valence-corrected chi connectivity index (χ4v) is 3.22. The molecule has 3 rings (SSSR count). The Bertz CT molecular complexity index is 635. The summed E-state index contributed by atoms with van der Waals surface area (Å²) in [5, 5.41) is 2.91. The van der Waals surface area contributed by atoms with E-state index in [1.807, 2.05) is 25.1 Å². The molecule has 1 atom stereocenters. The van der Waals surface area contributed by atoms with Gasteiger partial charge in [-0.3, -0.25) is 4.79 Å². The lowest BCUT2D eigenvalue weighted by atomic mass is 10.2. The Balaban J connectivity index is 1.55. The summed E-state index contributed by atoms with van der Waals surface area (Å²) in [7, 11) is 1.58. The molecule has 3 amide bonds. The lowest BCUT2D eigenvalue weighted by Gasteiger charge is -2.35. The molecule has 0 saturated carbocycles. The van der Waals surface area contributed by atoms with E-state index in [2.05, 4.69) is 5.32 Å². The van der Waals surface area contributed by atoms with Crippen LogP contribution in [0.4, 0.5) is 10.5 Å². The molecule has 25 heavy (non-hydrogen) atoms. The molecule has 0 aromatic heterocycles. The SMILES string of the molecule is COc1ccc(C)cc1NC(=O)N1CCN(C(=O)C2CCCO2)CC1. The number of amides is 3. The van der Waals surface area contributed by atoms with E-state index in [0.717, 1.165) is 18.4 Å². The summed E-state index contributed by atoms with van der Waals surface area (Å²) in [5.41, 5.74) is 1.70. The van der Waals surface area contributed by atoms with Crippen LogP contribution in [0.2, 0.25) is 0 Å². The maximum absolute atomic E-state index is 12.5. The number of aryl methyl sites for hydroxylation is 1. The first-order valence-corrected chi connectivity index (χ1v) is 8.69. The average molecular weight is 347 g/mol. The molecule has 0 bridgehead atoms. The van der Waals surface area contributed by atoms with Gasteiger partial charge < -0.3 is 24.6 Å². The molecule has 2 saturated heterocycles. The van der Waals surface area contributed by atoms with Crippen molar-refractivity contribution in [3.63, 3.8) is 0 Å². The van der Waals surface area contributed by atoms with Crippen molar-refractivity contribution in [1.82, 2.24) is 9.80 Å². The summed E-state index contributed by atoms with van der Waals surface area (Å²) in [6.07, 6.45) is 1.45. The highest BCUT2D eigenvalue weighted by Gasteiger charge is 2.31. The lowest BCUT2D eigenvalue weighted by Crippen LogP contribution is -2.53. The lowest BCUT2D eigenvalue weighted by molar-refractivity contribution is -0.142. The molecular weight excluding hydrogens is 322 g/mol. The molecule has 0 spiro atoms. The smallest absolute Gasteiger partial charge is 0.322 e. The molecule has 1 unspecified atom stereocenters. The van der Waals surface area contributed by atoms with Crippen LogP contribution in [-0.4, -0.2) is 67.7 Å². The third-order valence-electron chi connectivity index (χ3n) is 4.68. The van der Waals surface area contributed by atoms with Gasteiger partial charge in [0, 0.05) is 32.8 Å². The number of anilines is 1. The topological polar surface area (TPSA) is 71.1 Å². The van der Waals surface area contributed by atoms with E-state index in [4.69, 9.17) is 9.47 Å². The van der Waals surface area contributed by atoms with Crippen LogP contribution in [0.1, 0.15) is 18.4 Å². The standard InChI is InChI=1S/C18H25N3O4/c1-13-5-6-15(24-2)14(12-13)19-18(23)21-9-7-20(8-10-21)17(22)16-4-3-11-25-16/h5-6,12,16H,3-4,7-11H2,1-2H3,(H,19,23). The summed E-state index contributed by atoms with van der Waals surface area (Å²) >= 11 is 0. The van der Waals surface area contributed by atoms with E-state index in [1.165, 1.54) is 0 Å². The number of rotatable bonds is 3. The highest BCUT2D eigenvalue weighted by Crippen LogP contribution is 2.25. The number of methoxy groups -OCH3 is 1. The molecule has 0 aliphatic carbocycles. The molecule has 2 fully saturated rings. The van der Waals surface area contributed by atoms with Crippen LogP contribution >= 0.6 is 0 Å². The van der Waals surface area contributed by atoms with Crippen molar-refractivity contribution in [3.05, 3.63) is 23.8 Å². The minimum absolute atomic E-state index is 0.0536. The van der Waals surface area contributed by atoms with Crippen molar-refractivity contribution in [2.75, 3.05) is 45.2 Å². The molecule has 2 aliphatic rings. The number of hydrogen-bond acceptors (Lipinski definition) is 4. The fraction of sp³-hybridized carbons (Fsp3) is 0.556. The van der Waals surface area contributed by atoms with Crippen molar-refractivity contribution < 1.29 is 19.1 Å². The van der Waals surface area contributed by atoms with Crippen molar-refractivity contribution in [1.29, 1.82) is 0 Å². The molecule has 1 aromatic rings. The van der Waals surface area contributed by atoms with Gasteiger partial charge in [-0.1, -0.05) is 6.07 Å². The Morgan fingerprint density at radius 3 is 2.56 bits per heavy atom. The van der Waals surface area contributed by atoms with Crippen LogP contribution in [0.15, 0.2) is 18.2 Å². The third kappa shape index (κ3) is 4.04. The first kappa shape index (κ1) is 17.5. The number of ether oxygens (including phenoxy) is 2. The normalized spacial score (nSPS) is 20.5. The number of urea groups is 1. The van der Waals surface area contributed by atoms with Crippen LogP contribution < -0.4 is 10.1 Å². The quantitative estimate of drug-likeness (QED) is 0.906. The van der Waals surface area contributed by atoms with Gasteiger partial charge in [0.1, 0.15) is 11.9 Å². The van der Waals surface area contributed by atoms with E-state index in [1.54, 1.807) is 16.9 Å². The maximum atomic E-state index is 12.5. The second kappa shape index (κ2) is 7.74. The van der Waals surface area contributed by atoms with Crippen LogP contribution in [0, 0.1) is 6.92 Å². The van der Waals surface area contributed by atoms with Gasteiger partial charge in [0.2, 0.25) is 0 Å². The highest BCUT2D eigenvalue weighted by atomic mass is 16.5. The van der Waals surface area contributed by atoms with E-state index in [-0.39, 0.29) is 18.0 Å². The van der Waals surface area contributed by atoms with Crippen molar-refractivity contribution >= 4 is 17.6 Å². The van der Waals surface area contributed by atoms with E-state index in [9.17, 15) is 9.59 Å². The van der Waals surface area contributed by atoms with Gasteiger partial charge in [-0.05, 0) is 37.5 Å². The molecule has 0 radical (unpaired) electrons. The Hall–Kier alpha value is -2.28. The van der Waals surface area contributed by atoms with Crippen molar-refractivity contribution in [2.24, 2.45) is 0 Å². The monoisotopic (exact) mass is 347 g/mol. The fourth-order valence-electron chi connectivity index (χ4n) is 3.22. The first-order valence-electron chi connectivity index (χ1n) is 8.69. The summed E-state index contributed by atoms with van der Waals surface area (Å²) in [4.78, 5) is 28.4. The molecular formula is C18H25N3O4. The molecule has 2 heterocycles. The van der Waals surface area contributed by atoms with E-state index >= 15 is 0 Å². The van der Waals surface area contributed by atoms with Gasteiger partial charge in [-0.2, -0.15) is 0 Å². The zero-order valence-electron chi connectivity index (χ0n) is 14.8. The molecule has 7 nitrogen and oxygen atoms in total. The van der Waals surface area contributed by atoms with Gasteiger partial charge in [0.25, 0.3) is 5.91 Å². The van der Waals surface area contributed by atoms with Crippen LogP contribution in [0.5, 0.6) is 5.75 Å². The van der Waals surface area contributed by atoms with Gasteiger partial charge in [-0.15, -0.1) is 0 Å². The molecule has 136 valence electrons. The number of piperazine rings is 1. The maximum Gasteiger partial charge on any atom is 0.322 e. The average Bonchev–Trinajstić information content (AvgIpc) is 3.16. The van der Waals surface area contributed by atoms with Gasteiger partial charge in [0.15, 0.2) is 0 Å². The number of hydrogen-bond donors (Lipinski definition) is 1. The van der Waals surface area contributed by atoms with Crippen molar-refractivity contribution in [2.45, 2.75) is 25.9 Å². The number of carbonyl (C=O) groups excluding carboxylic acids is 2. The Kier molecular flexibility index (Phi) is 5.43. The zero-order valence-corrected chi connectivity index (χ0v) is 14.8. The van der Waals surface area contributed by atoms with Gasteiger partial charge in [0.05, 0.1) is 12.8 Å². The predicted molar refractivity (Wildman–Crippen MR) is 93.9 cm³/mol. The Labute approximate surface area is 147 Å². The number of nitrogens with zero attached hydrogens (tertiary/aromatic N) is 2. The van der Waals surface area contributed by atoms with Gasteiger partial charge in [-0.25, -0.2) is 4.79 Å². The highest BCUT2D eigenvalue weighted by molar-refractivity contribution is 5.91. The summed E-state index contributed by atoms with van der Waals surface area (Å²) in [5.74, 6) is 0.684. The zero-order chi connectivity index (χ0) is 17.8. The molecule has 1 N–H and O–H groups in total. The second-order valence-electron chi connectivity index (χ2n) is 6.45. The van der Waals surface area contributed by atoms with Crippen LogP contribution in [0.3, 0.4) is 0 Å². The Morgan fingerprint density at radius 1 is 1.20 bits per heavy atom. The molecule has 2 aliphatic heterocycles. The molecule has 1 aromatic carbocycles. The first-order chi connectivity index (χ1) is 12.1.